The van der Waals surface area contributed by atoms with Crippen molar-refractivity contribution in [2.45, 2.75) is 4.90 Å². The number of hydrogen-bond acceptors (Lipinski definition) is 3. The molecule has 0 saturated heterocycles. The molecule has 0 aliphatic carbocycles. The molecule has 2 heterocycles. The molecule has 0 fully saturated rings. The minimum Gasteiger partial charge on any atom is -0.308 e. The van der Waals surface area contributed by atoms with Crippen LogP contribution in [0.5, 0.6) is 0 Å². The van der Waals surface area contributed by atoms with E-state index in [0.29, 0.717) is 5.69 Å². The van der Waals surface area contributed by atoms with E-state index >= 15 is 0 Å². The van der Waals surface area contributed by atoms with Gasteiger partial charge < -0.3 is 4.57 Å². The molecule has 0 aliphatic heterocycles. The summed E-state index contributed by atoms with van der Waals surface area (Å²) in [5, 5.41) is 6.32. The maximum absolute atomic E-state index is 11.7. The van der Waals surface area contributed by atoms with E-state index < -0.39 is 10.0 Å². The Balaban J connectivity index is 2.04. The van der Waals surface area contributed by atoms with Gasteiger partial charge in [0.05, 0.1) is 23.1 Å². The van der Waals surface area contributed by atoms with Crippen molar-refractivity contribution in [2.24, 2.45) is 5.14 Å². The van der Waals surface area contributed by atoms with Crippen molar-refractivity contribution in [3.63, 3.8) is 0 Å². The lowest BCUT2D eigenvalue weighted by atomic mass is 10.1. The third kappa shape index (κ3) is 2.82. The molecule has 0 bridgehead atoms. The predicted molar refractivity (Wildman–Crippen MR) is 97.9 cm³/mol. The summed E-state index contributed by atoms with van der Waals surface area (Å²) in [5.74, 6) is 0. The first-order valence-electron chi connectivity index (χ1n) is 7.68. The summed E-state index contributed by atoms with van der Waals surface area (Å²) in [6.07, 6.45) is 2.89. The van der Waals surface area contributed by atoms with Crippen molar-refractivity contribution in [1.82, 2.24) is 9.55 Å². The lowest BCUT2D eigenvalue weighted by molar-refractivity contribution is 0.597. The Morgan fingerprint density at radius 2 is 1.60 bits per heavy atom. The van der Waals surface area contributed by atoms with Crippen molar-refractivity contribution in [1.29, 1.82) is 0 Å². The zero-order valence-corrected chi connectivity index (χ0v) is 14.0. The van der Waals surface area contributed by atoms with E-state index in [-0.39, 0.29) is 4.90 Å². The summed E-state index contributed by atoms with van der Waals surface area (Å²) >= 11 is 0. The first-order chi connectivity index (χ1) is 12.0. The number of aromatic nitrogens is 2. The van der Waals surface area contributed by atoms with Crippen LogP contribution in [0.1, 0.15) is 0 Å². The number of sulfonamides is 1. The Labute approximate surface area is 145 Å². The number of rotatable bonds is 3. The molecule has 0 saturated carbocycles. The maximum atomic E-state index is 11.7. The third-order valence-corrected chi connectivity index (χ3v) is 4.95. The van der Waals surface area contributed by atoms with Crippen molar-refractivity contribution < 1.29 is 8.42 Å². The van der Waals surface area contributed by atoms with Gasteiger partial charge in [0.25, 0.3) is 0 Å². The molecule has 4 aromatic rings. The fourth-order valence-electron chi connectivity index (χ4n) is 2.94. The van der Waals surface area contributed by atoms with Gasteiger partial charge in [0, 0.05) is 11.6 Å². The quantitative estimate of drug-likeness (QED) is 0.616. The molecule has 124 valence electrons. The average molecular weight is 349 g/mol. The average Bonchev–Trinajstić information content (AvgIpc) is 3.01. The first kappa shape index (κ1) is 15.6. The molecule has 0 spiro atoms. The van der Waals surface area contributed by atoms with Gasteiger partial charge in [-0.15, -0.1) is 0 Å². The monoisotopic (exact) mass is 349 g/mol. The third-order valence-electron chi connectivity index (χ3n) is 4.07. The smallest absolute Gasteiger partial charge is 0.239 e. The van der Waals surface area contributed by atoms with Gasteiger partial charge in [-0.2, -0.15) is 0 Å². The highest BCUT2D eigenvalue weighted by atomic mass is 32.2. The highest BCUT2D eigenvalue weighted by Gasteiger charge is 2.15. The van der Waals surface area contributed by atoms with Crippen molar-refractivity contribution >= 4 is 20.9 Å². The van der Waals surface area contributed by atoms with Crippen LogP contribution in [0.3, 0.4) is 0 Å². The number of benzene rings is 2. The molecule has 2 N–H and O–H groups in total. The normalized spacial score (nSPS) is 11.7. The molecular weight excluding hydrogens is 334 g/mol. The number of nitrogens with zero attached hydrogens (tertiary/aromatic N) is 2. The van der Waals surface area contributed by atoms with Gasteiger partial charge in [0.2, 0.25) is 10.0 Å². The van der Waals surface area contributed by atoms with Gasteiger partial charge >= 0.3 is 0 Å². The Bertz CT molecular complexity index is 1170. The van der Waals surface area contributed by atoms with Crippen LogP contribution < -0.4 is 5.14 Å². The maximum Gasteiger partial charge on any atom is 0.239 e. The Morgan fingerprint density at radius 3 is 2.36 bits per heavy atom. The molecule has 0 radical (unpaired) electrons. The first-order valence-corrected chi connectivity index (χ1v) is 9.23. The zero-order valence-electron chi connectivity index (χ0n) is 13.2. The molecule has 25 heavy (non-hydrogen) atoms. The summed E-state index contributed by atoms with van der Waals surface area (Å²) in [6.45, 7) is 0. The summed E-state index contributed by atoms with van der Waals surface area (Å²) in [5.41, 5.74) is 3.59. The molecule has 0 atom stereocenters. The highest BCUT2D eigenvalue weighted by Crippen LogP contribution is 2.31. The molecule has 0 amide bonds. The highest BCUT2D eigenvalue weighted by molar-refractivity contribution is 7.89. The van der Waals surface area contributed by atoms with Gasteiger partial charge in [-0.25, -0.2) is 13.6 Å². The van der Waals surface area contributed by atoms with Crippen LogP contribution in [0.15, 0.2) is 84.0 Å². The number of pyridine rings is 1. The second-order valence-electron chi connectivity index (χ2n) is 5.71. The van der Waals surface area contributed by atoms with E-state index in [4.69, 9.17) is 5.14 Å². The number of fused-ring (bicyclic) bond motifs is 1. The van der Waals surface area contributed by atoms with E-state index in [9.17, 15) is 8.42 Å². The Kier molecular flexibility index (Phi) is 3.63. The van der Waals surface area contributed by atoms with Crippen LogP contribution in [0.4, 0.5) is 0 Å². The second-order valence-corrected chi connectivity index (χ2v) is 7.28. The SMILES string of the molecule is NS(=O)(=O)c1cncc(-n2c(-c3ccccc3)cc3ccccc32)c1. The topological polar surface area (TPSA) is 78.0 Å². The number of nitrogens with two attached hydrogens (primary N) is 1. The minimum absolute atomic E-state index is 0.0122. The number of para-hydroxylation sites is 1. The molecule has 0 unspecified atom stereocenters. The van der Waals surface area contributed by atoms with Gasteiger partial charge in [-0.3, -0.25) is 4.98 Å². The fourth-order valence-corrected chi connectivity index (χ4v) is 3.43. The minimum atomic E-state index is -3.82. The van der Waals surface area contributed by atoms with Crippen molar-refractivity contribution in [3.05, 3.63) is 79.1 Å². The van der Waals surface area contributed by atoms with Crippen LogP contribution in [0.25, 0.3) is 27.8 Å². The van der Waals surface area contributed by atoms with Gasteiger partial charge in [-0.1, -0.05) is 48.5 Å². The van der Waals surface area contributed by atoms with Gasteiger partial charge in [0.15, 0.2) is 0 Å². The fraction of sp³-hybridized carbons (Fsp3) is 0. The predicted octanol–water partition coefficient (Wildman–Crippen LogP) is 3.34. The van der Waals surface area contributed by atoms with E-state index in [1.807, 2.05) is 59.2 Å². The molecule has 5 nitrogen and oxygen atoms in total. The van der Waals surface area contributed by atoms with Gasteiger partial charge in [0.1, 0.15) is 4.90 Å². The van der Waals surface area contributed by atoms with Gasteiger partial charge in [-0.05, 0) is 23.8 Å². The summed E-state index contributed by atoms with van der Waals surface area (Å²) in [7, 11) is -3.82. The largest absolute Gasteiger partial charge is 0.308 e. The number of primary sulfonamides is 1. The zero-order chi connectivity index (χ0) is 17.4. The van der Waals surface area contributed by atoms with Crippen LogP contribution in [-0.4, -0.2) is 18.0 Å². The van der Waals surface area contributed by atoms with Crippen LogP contribution in [0.2, 0.25) is 0 Å². The Morgan fingerprint density at radius 1 is 0.880 bits per heavy atom. The van der Waals surface area contributed by atoms with E-state index in [2.05, 4.69) is 11.1 Å². The van der Waals surface area contributed by atoms with E-state index in [1.54, 1.807) is 12.3 Å². The Hall–Kier alpha value is -2.96. The molecule has 2 aromatic heterocycles. The lowest BCUT2D eigenvalue weighted by Crippen LogP contribution is -2.13. The lowest BCUT2D eigenvalue weighted by Gasteiger charge is -2.12. The number of hydrogen-bond donors (Lipinski definition) is 1. The van der Waals surface area contributed by atoms with E-state index in [1.165, 1.54) is 6.20 Å². The molecule has 2 aromatic carbocycles. The second kappa shape index (κ2) is 5.84. The summed E-state index contributed by atoms with van der Waals surface area (Å²) in [4.78, 5) is 4.06. The van der Waals surface area contributed by atoms with E-state index in [0.717, 1.165) is 22.2 Å². The summed E-state index contributed by atoms with van der Waals surface area (Å²) < 4.78 is 25.4. The van der Waals surface area contributed by atoms with Crippen molar-refractivity contribution in [2.75, 3.05) is 0 Å². The molecule has 6 heteroatoms. The van der Waals surface area contributed by atoms with Crippen LogP contribution in [0, 0.1) is 0 Å². The summed E-state index contributed by atoms with van der Waals surface area (Å²) in [6, 6.07) is 21.5. The van der Waals surface area contributed by atoms with Crippen molar-refractivity contribution in [3.8, 4) is 16.9 Å². The van der Waals surface area contributed by atoms with Crippen LogP contribution >= 0.6 is 0 Å². The molecule has 4 rings (SSSR count). The van der Waals surface area contributed by atoms with Crippen LogP contribution in [-0.2, 0) is 10.0 Å². The molecular formula is C19H15N3O2S. The standard InChI is InChI=1S/C19H15N3O2S/c20-25(23,24)17-11-16(12-21-13-17)22-18-9-5-4-8-15(18)10-19(22)14-6-2-1-3-7-14/h1-13H,(H2,20,23,24). The molecule has 0 aliphatic rings.